The Labute approximate surface area is 201 Å². The number of allylic oxidation sites excluding steroid dienone is 1. The van der Waals surface area contributed by atoms with E-state index in [9.17, 15) is 22.0 Å². The molecule has 0 saturated heterocycles. The second kappa shape index (κ2) is 9.76. The molecule has 5 nitrogen and oxygen atoms in total. The Kier molecular flexibility index (Phi) is 6.75. The van der Waals surface area contributed by atoms with Crippen molar-refractivity contribution in [3.63, 3.8) is 0 Å². The lowest BCUT2D eigenvalue weighted by molar-refractivity contribution is 0.504. The van der Waals surface area contributed by atoms with E-state index in [1.807, 2.05) is 28.8 Å². The van der Waals surface area contributed by atoms with Crippen molar-refractivity contribution in [3.8, 4) is 0 Å². The van der Waals surface area contributed by atoms with Crippen LogP contribution >= 0.6 is 0 Å². The first-order valence-electron chi connectivity index (χ1n) is 10.8. The molecule has 1 aliphatic heterocycles. The van der Waals surface area contributed by atoms with E-state index < -0.39 is 21.5 Å². The van der Waals surface area contributed by atoms with Gasteiger partial charge >= 0.3 is 0 Å². The Morgan fingerprint density at radius 1 is 0.971 bits per heavy atom. The van der Waals surface area contributed by atoms with Crippen LogP contribution in [0.3, 0.4) is 0 Å². The van der Waals surface area contributed by atoms with Crippen LogP contribution in [0.1, 0.15) is 23.4 Å². The zero-order valence-electron chi connectivity index (χ0n) is 18.7. The molecule has 8 heteroatoms. The van der Waals surface area contributed by atoms with E-state index >= 15 is 0 Å². The molecule has 0 atom stereocenters. The van der Waals surface area contributed by atoms with Crippen molar-refractivity contribution < 1.29 is 17.2 Å². The zero-order chi connectivity index (χ0) is 25.2. The van der Waals surface area contributed by atoms with Gasteiger partial charge in [0.25, 0.3) is 5.56 Å². The van der Waals surface area contributed by atoms with E-state index in [0.717, 1.165) is 41.8 Å². The Morgan fingerprint density at radius 3 is 2.40 bits per heavy atom. The molecular weight excluding hydrogens is 470 g/mol. The van der Waals surface area contributed by atoms with E-state index in [2.05, 4.69) is 18.1 Å². The first-order chi connectivity index (χ1) is 16.8. The highest BCUT2D eigenvalue weighted by molar-refractivity contribution is 7.90. The second-order valence-electron chi connectivity index (χ2n) is 7.91. The molecule has 0 unspecified atom stereocenters. The van der Waals surface area contributed by atoms with E-state index in [-0.39, 0.29) is 16.2 Å². The third kappa shape index (κ3) is 4.83. The number of fused-ring (bicyclic) bond motifs is 3. The quantitative estimate of drug-likeness (QED) is 0.283. The third-order valence-corrected chi connectivity index (χ3v) is 7.39. The van der Waals surface area contributed by atoms with Crippen LogP contribution in [-0.4, -0.2) is 18.0 Å². The Bertz CT molecular complexity index is 1610. The second-order valence-corrected chi connectivity index (χ2v) is 9.90. The molecule has 5 rings (SSSR count). The maximum atomic E-state index is 13.4. The maximum absolute atomic E-state index is 13.4. The summed E-state index contributed by atoms with van der Waals surface area (Å²) in [4.78, 5) is 16.4. The molecule has 0 amide bonds. The molecule has 3 aromatic carbocycles. The summed E-state index contributed by atoms with van der Waals surface area (Å²) < 4.78 is 53.7. The van der Waals surface area contributed by atoms with Crippen LogP contribution in [0.15, 0.2) is 89.6 Å². The van der Waals surface area contributed by atoms with E-state index in [0.29, 0.717) is 22.8 Å². The number of benzene rings is 3. The van der Waals surface area contributed by atoms with Crippen molar-refractivity contribution in [2.45, 2.75) is 23.6 Å². The fraction of sp³-hybridized carbons (Fsp3) is 0.111. The molecule has 0 saturated carbocycles. The average Bonchev–Trinajstić information content (AvgIpc) is 3.25. The number of hydrogen-bond acceptors (Lipinski definition) is 4. The predicted octanol–water partition coefficient (Wildman–Crippen LogP) is 5.40. The molecule has 0 fully saturated rings. The highest BCUT2D eigenvalue weighted by Gasteiger charge is 2.21. The number of sulfone groups is 1. The van der Waals surface area contributed by atoms with Crippen molar-refractivity contribution in [3.05, 3.63) is 119 Å². The SMILES string of the molecule is C=C.O=c1nc2n(c3ccccc13)CC/C2=C\c1ccc(CS(=O)(=O)c2ccc(F)c(F)c2)cc1. The van der Waals surface area contributed by atoms with Crippen LogP contribution < -0.4 is 5.56 Å². The number of hydrogen-bond donors (Lipinski definition) is 0. The van der Waals surface area contributed by atoms with Crippen LogP contribution in [0.2, 0.25) is 0 Å². The minimum absolute atomic E-state index is 0.262. The van der Waals surface area contributed by atoms with Crippen molar-refractivity contribution in [1.82, 2.24) is 9.55 Å². The molecule has 2 heterocycles. The van der Waals surface area contributed by atoms with Gasteiger partial charge in [-0.25, -0.2) is 17.2 Å². The first-order valence-corrected chi connectivity index (χ1v) is 12.4. The minimum atomic E-state index is -3.82. The molecule has 4 aromatic rings. The van der Waals surface area contributed by atoms with Crippen LogP contribution in [0.4, 0.5) is 8.78 Å². The summed E-state index contributed by atoms with van der Waals surface area (Å²) in [7, 11) is -3.82. The number of aryl methyl sites for hydroxylation is 1. The van der Waals surface area contributed by atoms with Crippen LogP contribution in [-0.2, 0) is 22.1 Å². The first kappa shape index (κ1) is 24.2. The monoisotopic (exact) mass is 492 g/mol. The number of halogens is 2. The van der Waals surface area contributed by atoms with Crippen LogP contribution in [0.25, 0.3) is 22.6 Å². The summed E-state index contributed by atoms with van der Waals surface area (Å²) in [5, 5.41) is 0.592. The van der Waals surface area contributed by atoms with Crippen molar-refractivity contribution >= 4 is 32.4 Å². The lowest BCUT2D eigenvalue weighted by Gasteiger charge is -2.08. The summed E-state index contributed by atoms with van der Waals surface area (Å²) in [5.41, 5.74) is 2.89. The Balaban J connectivity index is 0.00000141. The molecule has 0 bridgehead atoms. The Morgan fingerprint density at radius 2 is 1.69 bits per heavy atom. The molecule has 35 heavy (non-hydrogen) atoms. The number of para-hydroxylation sites is 1. The zero-order valence-corrected chi connectivity index (χ0v) is 19.6. The highest BCUT2D eigenvalue weighted by atomic mass is 32.2. The minimum Gasteiger partial charge on any atom is -0.325 e. The van der Waals surface area contributed by atoms with Gasteiger partial charge in [-0.15, -0.1) is 13.2 Å². The van der Waals surface area contributed by atoms with Gasteiger partial charge in [0, 0.05) is 6.54 Å². The van der Waals surface area contributed by atoms with Gasteiger partial charge < -0.3 is 4.57 Å². The topological polar surface area (TPSA) is 69.0 Å². The molecule has 178 valence electrons. The van der Waals surface area contributed by atoms with Gasteiger partial charge in [-0.05, 0) is 59.5 Å². The van der Waals surface area contributed by atoms with Gasteiger partial charge in [0.2, 0.25) is 0 Å². The van der Waals surface area contributed by atoms with Crippen LogP contribution in [0.5, 0.6) is 0 Å². The van der Waals surface area contributed by atoms with Gasteiger partial charge in [-0.2, -0.15) is 4.98 Å². The molecule has 0 aliphatic carbocycles. The number of aromatic nitrogens is 2. The van der Waals surface area contributed by atoms with Gasteiger partial charge in [0.05, 0.1) is 21.6 Å². The molecule has 1 aromatic heterocycles. The fourth-order valence-corrected chi connectivity index (χ4v) is 5.41. The molecule has 0 spiro atoms. The maximum Gasteiger partial charge on any atom is 0.281 e. The summed E-state index contributed by atoms with van der Waals surface area (Å²) in [6.07, 6.45) is 2.67. The number of nitrogens with zero attached hydrogens (tertiary/aromatic N) is 2. The smallest absolute Gasteiger partial charge is 0.281 e. The van der Waals surface area contributed by atoms with Crippen LogP contribution in [0, 0.1) is 11.6 Å². The summed E-state index contributed by atoms with van der Waals surface area (Å²) >= 11 is 0. The average molecular weight is 493 g/mol. The molecular formula is C27H22F2N2O3S. The predicted molar refractivity (Wildman–Crippen MR) is 133 cm³/mol. The van der Waals surface area contributed by atoms with Gasteiger partial charge in [-0.1, -0.05) is 36.4 Å². The fourth-order valence-electron chi connectivity index (χ4n) is 4.06. The molecule has 0 N–H and O–H groups in total. The van der Waals surface area contributed by atoms with Crippen molar-refractivity contribution in [1.29, 1.82) is 0 Å². The van der Waals surface area contributed by atoms with E-state index in [1.165, 1.54) is 0 Å². The van der Waals surface area contributed by atoms with Crippen molar-refractivity contribution in [2.24, 2.45) is 0 Å². The third-order valence-electron chi connectivity index (χ3n) is 5.71. The van der Waals surface area contributed by atoms with Gasteiger partial charge in [0.15, 0.2) is 21.5 Å². The van der Waals surface area contributed by atoms with E-state index in [4.69, 9.17) is 0 Å². The lowest BCUT2D eigenvalue weighted by Crippen LogP contribution is -2.14. The molecule has 1 aliphatic rings. The lowest BCUT2D eigenvalue weighted by atomic mass is 10.1. The van der Waals surface area contributed by atoms with E-state index in [1.54, 1.807) is 30.3 Å². The van der Waals surface area contributed by atoms with Crippen molar-refractivity contribution in [2.75, 3.05) is 0 Å². The molecule has 0 radical (unpaired) electrons. The standard InChI is InChI=1S/C25H18F2N2O3S.C2H4/c26-21-10-9-19(14-22(21)27)33(31,32)15-17-7-5-16(6-8-17)13-18-11-12-29-23-4-2-1-3-20(23)25(30)28-24(18)29;1-2/h1-10,13-14H,11-12,15H2;1-2H2/b18-13+;. The largest absolute Gasteiger partial charge is 0.325 e. The number of rotatable bonds is 4. The summed E-state index contributed by atoms with van der Waals surface area (Å²) in [6.45, 7) is 6.72. The van der Waals surface area contributed by atoms with Gasteiger partial charge in [0.1, 0.15) is 5.82 Å². The summed E-state index contributed by atoms with van der Waals surface area (Å²) in [6, 6.07) is 16.9. The normalized spacial score (nSPS) is 13.9. The van der Waals surface area contributed by atoms with Gasteiger partial charge in [-0.3, -0.25) is 4.79 Å². The summed E-state index contributed by atoms with van der Waals surface area (Å²) in [5.74, 6) is -1.98. The Hall–Kier alpha value is -3.91. The highest BCUT2D eigenvalue weighted by Crippen LogP contribution is 2.29.